The first-order valence-corrected chi connectivity index (χ1v) is 4.05. The molecule has 64 valence electrons. The first-order valence-electron chi connectivity index (χ1n) is 3.67. The fourth-order valence-electron chi connectivity index (χ4n) is 0.825. The Bertz CT molecular complexity index is 286. The van der Waals surface area contributed by atoms with Crippen molar-refractivity contribution < 1.29 is 4.79 Å². The molecular weight excluding hydrogens is 174 g/mol. The van der Waals surface area contributed by atoms with Gasteiger partial charge in [0, 0.05) is 10.7 Å². The number of hydrogen-bond donors (Lipinski definition) is 1. The topological polar surface area (TPSA) is 29.1 Å². The summed E-state index contributed by atoms with van der Waals surface area (Å²) in [6, 6.07) is 7.28. The first kappa shape index (κ1) is 9.07. The molecule has 0 heterocycles. The van der Waals surface area contributed by atoms with Crippen LogP contribution in [0, 0.1) is 0 Å². The second kappa shape index (κ2) is 4.12. The Balaban J connectivity index is 2.57. The smallest absolute Gasteiger partial charge is 0.148 e. The quantitative estimate of drug-likeness (QED) is 0.780. The van der Waals surface area contributed by atoms with Gasteiger partial charge in [-0.2, -0.15) is 0 Å². The first-order chi connectivity index (χ1) is 5.68. The normalized spacial score (nSPS) is 9.50. The maximum atomic E-state index is 10.6. The van der Waals surface area contributed by atoms with Crippen molar-refractivity contribution in [2.24, 2.45) is 0 Å². The number of nitrogens with one attached hydrogen (secondary N) is 1. The average Bonchev–Trinajstić information content (AvgIpc) is 2.01. The van der Waals surface area contributed by atoms with Gasteiger partial charge in [0.2, 0.25) is 0 Å². The Morgan fingerprint density at radius 2 is 2.33 bits per heavy atom. The number of benzene rings is 1. The number of carbonyl (C=O) groups excluding carboxylic acids is 1. The van der Waals surface area contributed by atoms with Gasteiger partial charge in [0.25, 0.3) is 0 Å². The monoisotopic (exact) mass is 183 g/mol. The van der Waals surface area contributed by atoms with E-state index in [1.807, 2.05) is 12.1 Å². The van der Waals surface area contributed by atoms with Crippen molar-refractivity contribution in [1.82, 2.24) is 0 Å². The molecule has 12 heavy (non-hydrogen) atoms. The van der Waals surface area contributed by atoms with E-state index in [9.17, 15) is 4.79 Å². The number of hydrogen-bond acceptors (Lipinski definition) is 2. The molecule has 0 aliphatic rings. The molecule has 1 aromatic rings. The van der Waals surface area contributed by atoms with Crippen LogP contribution in [0.3, 0.4) is 0 Å². The molecule has 0 spiro atoms. The second-order valence-electron chi connectivity index (χ2n) is 2.57. The summed E-state index contributed by atoms with van der Waals surface area (Å²) in [5, 5.41) is 3.62. The lowest BCUT2D eigenvalue weighted by molar-refractivity contribution is -0.115. The highest BCUT2D eigenvalue weighted by Crippen LogP contribution is 2.14. The van der Waals surface area contributed by atoms with Crippen LogP contribution in [0.1, 0.15) is 6.92 Å². The van der Waals surface area contributed by atoms with Crippen molar-refractivity contribution in [2.45, 2.75) is 6.92 Å². The van der Waals surface area contributed by atoms with Gasteiger partial charge in [0.05, 0.1) is 6.54 Å². The molecule has 0 aromatic heterocycles. The molecule has 0 saturated carbocycles. The molecule has 0 radical (unpaired) electrons. The van der Waals surface area contributed by atoms with Crippen molar-refractivity contribution in [3.8, 4) is 0 Å². The summed E-state index contributed by atoms with van der Waals surface area (Å²) in [7, 11) is 0. The molecule has 1 aromatic carbocycles. The second-order valence-corrected chi connectivity index (χ2v) is 3.00. The Morgan fingerprint density at radius 3 is 2.92 bits per heavy atom. The summed E-state index contributed by atoms with van der Waals surface area (Å²) in [4.78, 5) is 10.6. The highest BCUT2D eigenvalue weighted by atomic mass is 35.5. The third-order valence-corrected chi connectivity index (χ3v) is 1.60. The van der Waals surface area contributed by atoms with E-state index in [0.29, 0.717) is 11.6 Å². The number of halogens is 1. The van der Waals surface area contributed by atoms with E-state index in [4.69, 9.17) is 11.6 Å². The standard InChI is InChI=1S/C9H10ClNO/c1-7(12)6-11-9-4-2-3-8(10)5-9/h2-5,11H,6H2,1H3. The summed E-state index contributed by atoms with van der Waals surface area (Å²) in [5.41, 5.74) is 0.873. The van der Waals surface area contributed by atoms with Gasteiger partial charge in [-0.3, -0.25) is 4.79 Å². The van der Waals surface area contributed by atoms with E-state index in [0.717, 1.165) is 5.69 Å². The molecule has 0 bridgehead atoms. The van der Waals surface area contributed by atoms with Gasteiger partial charge in [-0.1, -0.05) is 17.7 Å². The van der Waals surface area contributed by atoms with E-state index in [1.54, 1.807) is 12.1 Å². The minimum atomic E-state index is 0.106. The molecule has 0 aliphatic heterocycles. The van der Waals surface area contributed by atoms with Crippen LogP contribution in [0.2, 0.25) is 5.02 Å². The Hall–Kier alpha value is -1.02. The van der Waals surface area contributed by atoms with Gasteiger partial charge in [-0.25, -0.2) is 0 Å². The Labute approximate surface area is 76.5 Å². The largest absolute Gasteiger partial charge is 0.378 e. The predicted octanol–water partition coefficient (Wildman–Crippen LogP) is 2.34. The molecule has 3 heteroatoms. The fraction of sp³-hybridized carbons (Fsp3) is 0.222. The summed E-state index contributed by atoms with van der Waals surface area (Å²) in [6.07, 6.45) is 0. The van der Waals surface area contributed by atoms with Gasteiger partial charge in [0.15, 0.2) is 0 Å². The molecule has 0 amide bonds. The predicted molar refractivity (Wildman–Crippen MR) is 50.6 cm³/mol. The molecule has 0 fully saturated rings. The molecule has 0 saturated heterocycles. The summed E-state index contributed by atoms with van der Waals surface area (Å²) in [6.45, 7) is 1.89. The molecule has 2 nitrogen and oxygen atoms in total. The van der Waals surface area contributed by atoms with Crippen LogP contribution in [-0.4, -0.2) is 12.3 Å². The highest BCUT2D eigenvalue weighted by Gasteiger charge is 1.94. The molecular formula is C9H10ClNO. The van der Waals surface area contributed by atoms with Crippen LogP contribution in [0.25, 0.3) is 0 Å². The lowest BCUT2D eigenvalue weighted by Crippen LogP contribution is -2.09. The number of carbonyl (C=O) groups is 1. The molecule has 1 N–H and O–H groups in total. The van der Waals surface area contributed by atoms with Crippen molar-refractivity contribution in [1.29, 1.82) is 0 Å². The zero-order valence-corrected chi connectivity index (χ0v) is 7.56. The van der Waals surface area contributed by atoms with Crippen LogP contribution in [0.5, 0.6) is 0 Å². The molecule has 0 unspecified atom stereocenters. The Morgan fingerprint density at radius 1 is 1.58 bits per heavy atom. The van der Waals surface area contributed by atoms with Gasteiger partial charge < -0.3 is 5.32 Å². The Kier molecular flexibility index (Phi) is 3.11. The van der Waals surface area contributed by atoms with Crippen molar-refractivity contribution in [3.05, 3.63) is 29.3 Å². The molecule has 1 rings (SSSR count). The van der Waals surface area contributed by atoms with E-state index < -0.39 is 0 Å². The maximum absolute atomic E-state index is 10.6. The number of ketones is 1. The van der Waals surface area contributed by atoms with E-state index in [-0.39, 0.29) is 5.78 Å². The van der Waals surface area contributed by atoms with Crippen molar-refractivity contribution >= 4 is 23.1 Å². The van der Waals surface area contributed by atoms with E-state index in [2.05, 4.69) is 5.32 Å². The zero-order valence-electron chi connectivity index (χ0n) is 6.80. The molecule has 0 aliphatic carbocycles. The van der Waals surface area contributed by atoms with Gasteiger partial charge in [0.1, 0.15) is 5.78 Å². The summed E-state index contributed by atoms with van der Waals surface area (Å²) in [5.74, 6) is 0.106. The SMILES string of the molecule is CC(=O)CNc1cccc(Cl)c1. The average molecular weight is 184 g/mol. The van der Waals surface area contributed by atoms with Gasteiger partial charge >= 0.3 is 0 Å². The highest BCUT2D eigenvalue weighted by molar-refractivity contribution is 6.30. The van der Waals surface area contributed by atoms with Crippen LogP contribution < -0.4 is 5.32 Å². The van der Waals surface area contributed by atoms with Gasteiger partial charge in [-0.05, 0) is 25.1 Å². The van der Waals surface area contributed by atoms with Crippen LogP contribution in [-0.2, 0) is 4.79 Å². The minimum absolute atomic E-state index is 0.106. The van der Waals surface area contributed by atoms with Crippen molar-refractivity contribution in [2.75, 3.05) is 11.9 Å². The van der Waals surface area contributed by atoms with E-state index >= 15 is 0 Å². The number of Topliss-reactive ketones (excluding diaryl/α,β-unsaturated/α-hetero) is 1. The van der Waals surface area contributed by atoms with E-state index in [1.165, 1.54) is 6.92 Å². The summed E-state index contributed by atoms with van der Waals surface area (Å²) >= 11 is 5.74. The van der Waals surface area contributed by atoms with Crippen LogP contribution in [0.4, 0.5) is 5.69 Å². The third kappa shape index (κ3) is 2.93. The maximum Gasteiger partial charge on any atom is 0.148 e. The van der Waals surface area contributed by atoms with Crippen molar-refractivity contribution in [3.63, 3.8) is 0 Å². The van der Waals surface area contributed by atoms with Crippen LogP contribution >= 0.6 is 11.6 Å². The minimum Gasteiger partial charge on any atom is -0.378 e. The lowest BCUT2D eigenvalue weighted by atomic mass is 10.3. The third-order valence-electron chi connectivity index (χ3n) is 1.37. The lowest BCUT2D eigenvalue weighted by Gasteiger charge is -2.02. The summed E-state index contributed by atoms with van der Waals surface area (Å²) < 4.78 is 0. The zero-order chi connectivity index (χ0) is 8.97. The number of rotatable bonds is 3. The van der Waals surface area contributed by atoms with Crippen LogP contribution in [0.15, 0.2) is 24.3 Å². The fourth-order valence-corrected chi connectivity index (χ4v) is 1.02. The molecule has 0 atom stereocenters. The van der Waals surface area contributed by atoms with Gasteiger partial charge in [-0.15, -0.1) is 0 Å². The number of anilines is 1.